The molecule has 5 heteroatoms. The first-order valence-electron chi connectivity index (χ1n) is 8.33. The van der Waals surface area contributed by atoms with Crippen LogP contribution >= 0.6 is 11.6 Å². The van der Waals surface area contributed by atoms with Crippen molar-refractivity contribution in [3.8, 4) is 0 Å². The van der Waals surface area contributed by atoms with Crippen molar-refractivity contribution >= 4 is 28.9 Å². The molecule has 0 saturated carbocycles. The Balaban J connectivity index is 1.84. The maximum atomic E-state index is 11.9. The highest BCUT2D eigenvalue weighted by molar-refractivity contribution is 6.30. The van der Waals surface area contributed by atoms with Crippen LogP contribution in [0, 0.1) is 0 Å². The molecule has 2 N–H and O–H groups in total. The van der Waals surface area contributed by atoms with Gasteiger partial charge in [0.2, 0.25) is 0 Å². The molecule has 1 atom stereocenters. The van der Waals surface area contributed by atoms with E-state index in [9.17, 15) is 9.90 Å². The van der Waals surface area contributed by atoms with Gasteiger partial charge in [0.05, 0.1) is 0 Å². The monoisotopic (exact) mass is 368 g/mol. The molecule has 0 spiro atoms. The van der Waals surface area contributed by atoms with Gasteiger partial charge in [0, 0.05) is 31.2 Å². The zero-order valence-electron chi connectivity index (χ0n) is 14.7. The molecule has 0 aliphatic heterocycles. The van der Waals surface area contributed by atoms with Gasteiger partial charge in [-0.05, 0) is 47.0 Å². The van der Waals surface area contributed by atoms with Gasteiger partial charge >= 0.3 is 6.03 Å². The summed E-state index contributed by atoms with van der Waals surface area (Å²) in [7, 11) is 3.39. The fourth-order valence-electron chi connectivity index (χ4n) is 2.90. The van der Waals surface area contributed by atoms with Crippen LogP contribution in [0.5, 0.6) is 0 Å². The van der Waals surface area contributed by atoms with Crippen molar-refractivity contribution in [3.05, 3.63) is 82.9 Å². The number of nitrogens with zero attached hydrogens (tertiary/aromatic N) is 1. The van der Waals surface area contributed by atoms with Crippen LogP contribution in [0.4, 0.5) is 10.5 Å². The summed E-state index contributed by atoms with van der Waals surface area (Å²) in [4.78, 5) is 13.3. The minimum absolute atomic E-state index is 0.183. The van der Waals surface area contributed by atoms with Gasteiger partial charge in [-0.2, -0.15) is 0 Å². The molecule has 0 aromatic heterocycles. The van der Waals surface area contributed by atoms with E-state index >= 15 is 0 Å². The van der Waals surface area contributed by atoms with Crippen molar-refractivity contribution in [3.63, 3.8) is 0 Å². The lowest BCUT2D eigenvalue weighted by Crippen LogP contribution is -2.27. The predicted molar refractivity (Wildman–Crippen MR) is 106 cm³/mol. The highest BCUT2D eigenvalue weighted by Crippen LogP contribution is 2.37. The van der Waals surface area contributed by atoms with E-state index in [0.29, 0.717) is 17.1 Å². The SMILES string of the molecule is CN(C)C(=O)Nc1cccc(C2=CC=CC(O)(c3ccc(Cl)cc3)C2)c1. The van der Waals surface area contributed by atoms with Gasteiger partial charge in [-0.3, -0.25) is 0 Å². The Hall–Kier alpha value is -2.56. The zero-order valence-corrected chi connectivity index (χ0v) is 15.5. The van der Waals surface area contributed by atoms with E-state index in [2.05, 4.69) is 5.32 Å². The predicted octanol–water partition coefficient (Wildman–Crippen LogP) is 4.66. The molecule has 134 valence electrons. The van der Waals surface area contributed by atoms with Gasteiger partial charge < -0.3 is 15.3 Å². The van der Waals surface area contributed by atoms with Crippen molar-refractivity contribution < 1.29 is 9.90 Å². The third kappa shape index (κ3) is 3.98. The second-order valence-electron chi connectivity index (χ2n) is 6.56. The highest BCUT2D eigenvalue weighted by Gasteiger charge is 2.29. The number of benzene rings is 2. The number of carbonyl (C=O) groups is 1. The number of halogens is 1. The number of nitrogens with one attached hydrogen (secondary N) is 1. The van der Waals surface area contributed by atoms with E-state index < -0.39 is 5.60 Å². The van der Waals surface area contributed by atoms with Gasteiger partial charge in [0.25, 0.3) is 0 Å². The summed E-state index contributed by atoms with van der Waals surface area (Å²) in [5.74, 6) is 0. The number of hydrogen-bond acceptors (Lipinski definition) is 2. The van der Waals surface area contributed by atoms with Gasteiger partial charge in [-0.25, -0.2) is 4.79 Å². The average Bonchev–Trinajstić information content (AvgIpc) is 2.62. The largest absolute Gasteiger partial charge is 0.381 e. The lowest BCUT2D eigenvalue weighted by molar-refractivity contribution is 0.0943. The van der Waals surface area contributed by atoms with Crippen molar-refractivity contribution in [2.24, 2.45) is 0 Å². The normalized spacial score (nSPS) is 19.0. The first-order chi connectivity index (χ1) is 12.4. The lowest BCUT2D eigenvalue weighted by atomic mass is 9.81. The standard InChI is InChI=1S/C21H21ClN2O2/c1-24(2)20(25)23-19-7-3-5-15(13-19)16-6-4-12-21(26,14-16)17-8-10-18(22)11-9-17/h3-13,26H,14H2,1-2H3,(H,23,25). The molecule has 1 aliphatic rings. The highest BCUT2D eigenvalue weighted by atomic mass is 35.5. The third-order valence-electron chi connectivity index (χ3n) is 4.36. The number of anilines is 1. The van der Waals surface area contributed by atoms with Crippen LogP contribution in [0.15, 0.2) is 66.8 Å². The number of amides is 2. The van der Waals surface area contributed by atoms with Crippen molar-refractivity contribution in [2.75, 3.05) is 19.4 Å². The Morgan fingerprint density at radius 3 is 2.62 bits per heavy atom. The summed E-state index contributed by atoms with van der Waals surface area (Å²) in [5, 5.41) is 14.6. The summed E-state index contributed by atoms with van der Waals surface area (Å²) in [6, 6.07) is 14.7. The van der Waals surface area contributed by atoms with E-state index in [1.54, 1.807) is 32.3 Å². The van der Waals surface area contributed by atoms with E-state index in [1.807, 2.05) is 48.6 Å². The minimum atomic E-state index is -1.09. The minimum Gasteiger partial charge on any atom is -0.381 e. The Morgan fingerprint density at radius 2 is 1.92 bits per heavy atom. The van der Waals surface area contributed by atoms with Gasteiger partial charge in [0.1, 0.15) is 5.60 Å². The number of rotatable bonds is 3. The molecule has 1 aliphatic carbocycles. The maximum Gasteiger partial charge on any atom is 0.321 e. The van der Waals surface area contributed by atoms with Crippen molar-refractivity contribution in [1.29, 1.82) is 0 Å². The number of allylic oxidation sites excluding steroid dienone is 2. The molecule has 4 nitrogen and oxygen atoms in total. The first kappa shape index (κ1) is 18.2. The fraction of sp³-hybridized carbons (Fsp3) is 0.190. The van der Waals surface area contributed by atoms with Crippen LogP contribution in [-0.4, -0.2) is 30.1 Å². The zero-order chi connectivity index (χ0) is 18.7. The van der Waals surface area contributed by atoms with Crippen LogP contribution in [0.2, 0.25) is 5.02 Å². The van der Waals surface area contributed by atoms with E-state index in [0.717, 1.165) is 16.7 Å². The van der Waals surface area contributed by atoms with Crippen LogP contribution in [0.1, 0.15) is 17.5 Å². The fourth-order valence-corrected chi connectivity index (χ4v) is 3.02. The molecule has 0 saturated heterocycles. The Labute approximate surface area is 158 Å². The number of carbonyl (C=O) groups excluding carboxylic acids is 1. The topological polar surface area (TPSA) is 52.6 Å². The molecule has 2 aromatic rings. The molecule has 0 bridgehead atoms. The molecular weight excluding hydrogens is 348 g/mol. The third-order valence-corrected chi connectivity index (χ3v) is 4.62. The molecule has 0 fully saturated rings. The Kier molecular flexibility index (Phi) is 5.16. The Bertz CT molecular complexity index is 872. The van der Waals surface area contributed by atoms with Crippen LogP contribution < -0.4 is 5.32 Å². The Morgan fingerprint density at radius 1 is 1.19 bits per heavy atom. The summed E-state index contributed by atoms with van der Waals surface area (Å²) in [5.41, 5.74) is 2.37. The molecule has 0 radical (unpaired) electrons. The van der Waals surface area contributed by atoms with Crippen LogP contribution in [-0.2, 0) is 5.60 Å². The first-order valence-corrected chi connectivity index (χ1v) is 8.71. The maximum absolute atomic E-state index is 11.9. The second-order valence-corrected chi connectivity index (χ2v) is 7.00. The van der Waals surface area contributed by atoms with Gasteiger partial charge in [-0.15, -0.1) is 0 Å². The molecular formula is C21H21ClN2O2. The summed E-state index contributed by atoms with van der Waals surface area (Å²) < 4.78 is 0. The van der Waals surface area contributed by atoms with Crippen LogP contribution in [0.25, 0.3) is 5.57 Å². The molecule has 0 heterocycles. The second kappa shape index (κ2) is 7.36. The van der Waals surface area contributed by atoms with Crippen LogP contribution in [0.3, 0.4) is 0 Å². The van der Waals surface area contributed by atoms with E-state index in [1.165, 1.54) is 4.90 Å². The molecule has 2 aromatic carbocycles. The van der Waals surface area contributed by atoms with Crippen molar-refractivity contribution in [2.45, 2.75) is 12.0 Å². The lowest BCUT2D eigenvalue weighted by Gasteiger charge is -2.29. The average molecular weight is 369 g/mol. The number of urea groups is 1. The summed E-state index contributed by atoms with van der Waals surface area (Å²) in [6.45, 7) is 0. The molecule has 2 amide bonds. The van der Waals surface area contributed by atoms with E-state index in [4.69, 9.17) is 11.6 Å². The smallest absolute Gasteiger partial charge is 0.321 e. The molecule has 1 unspecified atom stereocenters. The van der Waals surface area contributed by atoms with Gasteiger partial charge in [-0.1, -0.05) is 48.0 Å². The summed E-state index contributed by atoms with van der Waals surface area (Å²) in [6.07, 6.45) is 6.07. The van der Waals surface area contributed by atoms with Crippen molar-refractivity contribution in [1.82, 2.24) is 4.90 Å². The number of hydrogen-bond donors (Lipinski definition) is 2. The number of aliphatic hydroxyl groups is 1. The van der Waals surface area contributed by atoms with Gasteiger partial charge in [0.15, 0.2) is 0 Å². The summed E-state index contributed by atoms with van der Waals surface area (Å²) >= 11 is 5.95. The van der Waals surface area contributed by atoms with E-state index in [-0.39, 0.29) is 6.03 Å². The molecule has 26 heavy (non-hydrogen) atoms. The quantitative estimate of drug-likeness (QED) is 0.827. The molecule has 3 rings (SSSR count).